The Kier molecular flexibility index (Phi) is 5.86. The number of nitrogens with zero attached hydrogens (tertiary/aromatic N) is 1. The number of carboxylic acids is 1. The van der Waals surface area contributed by atoms with E-state index in [0.29, 0.717) is 11.4 Å². The van der Waals surface area contributed by atoms with Crippen LogP contribution in [-0.2, 0) is 10.0 Å². The molecule has 2 atom stereocenters. The van der Waals surface area contributed by atoms with Gasteiger partial charge in [0.25, 0.3) is 0 Å². The minimum atomic E-state index is -4.23. The molecular weight excluding hydrogens is 392 g/mol. The fourth-order valence-corrected chi connectivity index (χ4v) is 4.54. The minimum absolute atomic E-state index is 0.0635. The monoisotopic (exact) mass is 418 g/mol. The number of aryl methyl sites for hydroxylation is 1. The number of hydrogen-bond donors (Lipinski definition) is 2. The van der Waals surface area contributed by atoms with E-state index in [0.717, 1.165) is 30.9 Å². The minimum Gasteiger partial charge on any atom is -0.478 e. The van der Waals surface area contributed by atoms with Gasteiger partial charge in [0.1, 0.15) is 10.6 Å². The Balaban J connectivity index is 2.26. The number of anilines is 1. The molecule has 156 valence electrons. The number of rotatable bonds is 6. The van der Waals surface area contributed by atoms with Gasteiger partial charge < -0.3 is 14.7 Å². The maximum atomic E-state index is 12.4. The van der Waals surface area contributed by atoms with Crippen molar-refractivity contribution in [2.75, 3.05) is 4.90 Å². The smallest absolute Gasteiger partial charge is 0.335 e. The van der Waals surface area contributed by atoms with E-state index in [-0.39, 0.29) is 28.3 Å². The summed E-state index contributed by atoms with van der Waals surface area (Å²) in [6.45, 7) is 6.03. The fourth-order valence-electron chi connectivity index (χ4n) is 3.85. The second kappa shape index (κ2) is 8.04. The van der Waals surface area contributed by atoms with Crippen LogP contribution in [-0.4, -0.2) is 31.6 Å². The summed E-state index contributed by atoms with van der Waals surface area (Å²) in [6, 6.07) is 9.98. The van der Waals surface area contributed by atoms with Crippen LogP contribution in [0.2, 0.25) is 0 Å². The van der Waals surface area contributed by atoms with Gasteiger partial charge in [-0.25, -0.2) is 18.4 Å². The predicted octanol–water partition coefficient (Wildman–Crippen LogP) is 3.90. The summed E-state index contributed by atoms with van der Waals surface area (Å²) in [4.78, 5) is 13.4. The van der Waals surface area contributed by atoms with E-state index < -0.39 is 16.0 Å². The number of nitrogens with two attached hydrogens (primary N) is 1. The van der Waals surface area contributed by atoms with Crippen LogP contribution in [0.25, 0.3) is 0 Å². The normalized spacial score (nSPS) is 19.4. The van der Waals surface area contributed by atoms with Gasteiger partial charge >= 0.3 is 5.97 Å². The van der Waals surface area contributed by atoms with Crippen molar-refractivity contribution in [3.8, 4) is 11.5 Å². The molecule has 0 saturated carbocycles. The van der Waals surface area contributed by atoms with Gasteiger partial charge in [-0.2, -0.15) is 0 Å². The Morgan fingerprint density at radius 3 is 2.45 bits per heavy atom. The Bertz CT molecular complexity index is 1020. The highest BCUT2D eigenvalue weighted by atomic mass is 32.2. The maximum Gasteiger partial charge on any atom is 0.335 e. The summed E-state index contributed by atoms with van der Waals surface area (Å²) in [5.41, 5.74) is 1.32. The number of hydrogen-bond acceptors (Lipinski definition) is 5. The molecule has 2 aromatic carbocycles. The lowest BCUT2D eigenvalue weighted by molar-refractivity contribution is 0.0696. The molecule has 0 aliphatic carbocycles. The van der Waals surface area contributed by atoms with E-state index in [1.54, 1.807) is 12.1 Å². The zero-order chi connectivity index (χ0) is 21.3. The van der Waals surface area contributed by atoms with E-state index in [9.17, 15) is 18.3 Å². The molecule has 1 fully saturated rings. The highest BCUT2D eigenvalue weighted by molar-refractivity contribution is 7.89. The lowest BCUT2D eigenvalue weighted by Crippen LogP contribution is -2.35. The second-order valence-electron chi connectivity index (χ2n) is 7.48. The van der Waals surface area contributed by atoms with Gasteiger partial charge in [0.05, 0.1) is 11.3 Å². The average molecular weight is 419 g/mol. The molecule has 3 rings (SSSR count). The highest BCUT2D eigenvalue weighted by Crippen LogP contribution is 2.44. The molecule has 1 aliphatic heterocycles. The number of sulfonamides is 1. The molecule has 1 heterocycles. The van der Waals surface area contributed by atoms with Crippen LogP contribution in [0.5, 0.6) is 11.5 Å². The van der Waals surface area contributed by atoms with Crippen molar-refractivity contribution in [3.05, 3.63) is 47.5 Å². The van der Waals surface area contributed by atoms with Gasteiger partial charge in [-0.3, -0.25) is 0 Å². The number of carbonyl (C=O) groups is 1. The Labute approximate surface area is 171 Å². The van der Waals surface area contributed by atoms with Gasteiger partial charge in [-0.15, -0.1) is 0 Å². The molecule has 2 aromatic rings. The van der Waals surface area contributed by atoms with E-state index in [2.05, 4.69) is 11.8 Å². The SMILES string of the molecule is CCC1CCC(C)N1c1cc(C(=O)O)cc(S(N)(=O)=O)c1Oc1ccc(C)cc1. The summed E-state index contributed by atoms with van der Waals surface area (Å²) >= 11 is 0. The molecule has 8 heteroatoms. The topological polar surface area (TPSA) is 110 Å². The lowest BCUT2D eigenvalue weighted by Gasteiger charge is -2.32. The predicted molar refractivity (Wildman–Crippen MR) is 111 cm³/mol. The third-order valence-electron chi connectivity index (χ3n) is 5.36. The molecule has 0 bridgehead atoms. The highest BCUT2D eigenvalue weighted by Gasteiger charge is 2.34. The van der Waals surface area contributed by atoms with Crippen molar-refractivity contribution in [3.63, 3.8) is 0 Å². The first kappa shape index (κ1) is 21.1. The van der Waals surface area contributed by atoms with Crippen molar-refractivity contribution in [1.82, 2.24) is 0 Å². The quantitative estimate of drug-likeness (QED) is 0.736. The van der Waals surface area contributed by atoms with Gasteiger partial charge in [-0.05, 0) is 57.4 Å². The Morgan fingerprint density at radius 2 is 1.90 bits per heavy atom. The number of carboxylic acid groups (broad SMARTS) is 1. The first-order valence-electron chi connectivity index (χ1n) is 9.58. The van der Waals surface area contributed by atoms with Crippen LogP contribution in [0.4, 0.5) is 5.69 Å². The van der Waals surface area contributed by atoms with Crippen LogP contribution >= 0.6 is 0 Å². The number of primary sulfonamides is 1. The van der Waals surface area contributed by atoms with Gasteiger partial charge in [0, 0.05) is 12.1 Å². The first-order chi connectivity index (χ1) is 13.6. The van der Waals surface area contributed by atoms with Gasteiger partial charge in [0.15, 0.2) is 5.75 Å². The van der Waals surface area contributed by atoms with Crippen LogP contribution < -0.4 is 14.8 Å². The molecule has 0 amide bonds. The van der Waals surface area contributed by atoms with Crippen LogP contribution in [0.15, 0.2) is 41.3 Å². The number of ether oxygens (including phenoxy) is 1. The molecule has 2 unspecified atom stereocenters. The van der Waals surface area contributed by atoms with E-state index >= 15 is 0 Å². The second-order valence-corrected chi connectivity index (χ2v) is 9.01. The molecule has 3 N–H and O–H groups in total. The summed E-state index contributed by atoms with van der Waals surface area (Å²) in [6.07, 6.45) is 2.70. The van der Waals surface area contributed by atoms with Crippen LogP contribution in [0.1, 0.15) is 49.0 Å². The van der Waals surface area contributed by atoms with Crippen molar-refractivity contribution in [2.24, 2.45) is 5.14 Å². The third kappa shape index (κ3) is 4.38. The molecule has 29 heavy (non-hydrogen) atoms. The molecule has 0 radical (unpaired) electrons. The molecule has 1 saturated heterocycles. The Morgan fingerprint density at radius 1 is 1.24 bits per heavy atom. The molecule has 0 aromatic heterocycles. The zero-order valence-corrected chi connectivity index (χ0v) is 17.6. The van der Waals surface area contributed by atoms with Crippen LogP contribution in [0.3, 0.4) is 0 Å². The van der Waals surface area contributed by atoms with Crippen molar-refractivity contribution >= 4 is 21.7 Å². The number of benzene rings is 2. The standard InChI is InChI=1S/C21H26N2O5S/c1-4-16-8-7-14(3)23(16)18-11-15(21(24)25)12-19(29(22,26)27)20(18)28-17-9-5-13(2)6-10-17/h5-6,9-12,14,16H,4,7-8H2,1-3H3,(H,24,25)(H2,22,26,27). The largest absolute Gasteiger partial charge is 0.478 e. The average Bonchev–Trinajstić information content (AvgIpc) is 3.03. The lowest BCUT2D eigenvalue weighted by atomic mass is 10.1. The fraction of sp³-hybridized carbons (Fsp3) is 0.381. The van der Waals surface area contributed by atoms with Gasteiger partial charge in [0.2, 0.25) is 10.0 Å². The third-order valence-corrected chi connectivity index (χ3v) is 6.28. The summed E-state index contributed by atoms with van der Waals surface area (Å²) in [5, 5.41) is 15.0. The summed E-state index contributed by atoms with van der Waals surface area (Å²) in [7, 11) is -4.23. The van der Waals surface area contributed by atoms with Crippen molar-refractivity contribution in [2.45, 2.75) is 57.0 Å². The molecule has 1 aliphatic rings. The Hall–Kier alpha value is -2.58. The number of aromatic carboxylic acids is 1. The first-order valence-corrected chi connectivity index (χ1v) is 11.1. The van der Waals surface area contributed by atoms with Crippen molar-refractivity contribution in [1.29, 1.82) is 0 Å². The van der Waals surface area contributed by atoms with Crippen molar-refractivity contribution < 1.29 is 23.1 Å². The van der Waals surface area contributed by atoms with E-state index in [4.69, 9.17) is 9.88 Å². The summed E-state index contributed by atoms with van der Waals surface area (Å²) in [5.74, 6) is -0.712. The van der Waals surface area contributed by atoms with E-state index in [1.807, 2.05) is 26.0 Å². The summed E-state index contributed by atoms with van der Waals surface area (Å²) < 4.78 is 30.7. The zero-order valence-electron chi connectivity index (χ0n) is 16.8. The molecule has 7 nitrogen and oxygen atoms in total. The molecular formula is C21H26N2O5S. The molecule has 0 spiro atoms. The maximum absolute atomic E-state index is 12.4. The van der Waals surface area contributed by atoms with Gasteiger partial charge in [-0.1, -0.05) is 24.6 Å². The van der Waals surface area contributed by atoms with E-state index in [1.165, 1.54) is 6.07 Å². The van der Waals surface area contributed by atoms with Crippen LogP contribution in [0, 0.1) is 6.92 Å².